The molecule has 208 valence electrons. The summed E-state index contributed by atoms with van der Waals surface area (Å²) in [6.07, 6.45) is 1.78. The fourth-order valence-electron chi connectivity index (χ4n) is 4.24. The standard InChI is InChI=1S/C20H19BClNO.C14H15BO.H2O/c1-15-6-9-17(10-7-15)21(18-11-8-16(2)20(22)13-18)24-14-19-5-3-4-12-23-19;1-11-3-7-13(8-4-11)15(16)14-9-5-12(2)6-10-14;/h3-13H,14H2,1-2H3;3-10,16H,1-2H3;1H2. The van der Waals surface area contributed by atoms with Gasteiger partial charge >= 0.3 is 13.8 Å². The zero-order chi connectivity index (χ0) is 28.5. The molecule has 1 aromatic heterocycles. The molecule has 4 nitrogen and oxygen atoms in total. The van der Waals surface area contributed by atoms with E-state index in [0.717, 1.165) is 38.1 Å². The Balaban J connectivity index is 0.000000238. The monoisotopic (exact) mass is 563 g/mol. The van der Waals surface area contributed by atoms with E-state index in [9.17, 15) is 5.02 Å². The molecule has 0 saturated carbocycles. The van der Waals surface area contributed by atoms with Crippen LogP contribution in [0.25, 0.3) is 0 Å². The number of benzene rings is 4. The molecule has 5 rings (SSSR count). The molecule has 4 aromatic carbocycles. The third kappa shape index (κ3) is 9.17. The summed E-state index contributed by atoms with van der Waals surface area (Å²) in [5.41, 5.74) is 9.65. The lowest BCUT2D eigenvalue weighted by Gasteiger charge is -2.16. The van der Waals surface area contributed by atoms with Crippen molar-refractivity contribution in [2.24, 2.45) is 0 Å². The summed E-state index contributed by atoms with van der Waals surface area (Å²) in [6.45, 7) is 7.92. The normalized spacial score (nSPS) is 10.2. The molecule has 0 fully saturated rings. The fraction of sp³-hybridized carbons (Fsp3) is 0.147. The van der Waals surface area contributed by atoms with E-state index in [0.29, 0.717) is 6.61 Å². The minimum atomic E-state index is -0.527. The zero-order valence-electron chi connectivity index (χ0n) is 24.0. The Morgan fingerprint density at radius 1 is 0.659 bits per heavy atom. The van der Waals surface area contributed by atoms with Gasteiger partial charge in [0.25, 0.3) is 0 Å². The van der Waals surface area contributed by atoms with E-state index < -0.39 is 6.92 Å². The number of aromatic nitrogens is 1. The van der Waals surface area contributed by atoms with Crippen LogP contribution >= 0.6 is 11.6 Å². The van der Waals surface area contributed by atoms with Crippen molar-refractivity contribution in [3.63, 3.8) is 0 Å². The van der Waals surface area contributed by atoms with Gasteiger partial charge in [0.1, 0.15) is 0 Å². The summed E-state index contributed by atoms with van der Waals surface area (Å²) in [6, 6.07) is 36.3. The SMILES string of the molecule is Cc1ccc(B(O)c2ccc(C)cc2)cc1.Cc1ccc(B(OCc2ccccn2)c2ccc(C)c(Cl)c2)cc1.O. The topological polar surface area (TPSA) is 73.8 Å². The average Bonchev–Trinajstić information content (AvgIpc) is 2.97. The minimum absolute atomic E-state index is 0. The maximum absolute atomic E-state index is 10.2. The van der Waals surface area contributed by atoms with Crippen LogP contribution in [0.5, 0.6) is 0 Å². The molecular formula is C34H36B2ClNO3. The van der Waals surface area contributed by atoms with Crippen molar-refractivity contribution in [1.82, 2.24) is 4.98 Å². The third-order valence-electron chi connectivity index (χ3n) is 6.79. The van der Waals surface area contributed by atoms with Crippen LogP contribution in [0.3, 0.4) is 0 Å². The highest BCUT2D eigenvalue weighted by Crippen LogP contribution is 2.13. The summed E-state index contributed by atoms with van der Waals surface area (Å²) in [7, 11) is 0. The number of aryl methyl sites for hydroxylation is 4. The lowest BCUT2D eigenvalue weighted by molar-refractivity contribution is 0.316. The van der Waals surface area contributed by atoms with Gasteiger partial charge in [-0.1, -0.05) is 119 Å². The third-order valence-corrected chi connectivity index (χ3v) is 7.20. The average molecular weight is 564 g/mol. The van der Waals surface area contributed by atoms with Gasteiger partial charge in [0.05, 0.1) is 12.3 Å². The van der Waals surface area contributed by atoms with Gasteiger partial charge in [-0.25, -0.2) is 0 Å². The van der Waals surface area contributed by atoms with Crippen molar-refractivity contribution in [1.29, 1.82) is 0 Å². The van der Waals surface area contributed by atoms with Crippen LogP contribution in [-0.2, 0) is 11.3 Å². The fourth-order valence-corrected chi connectivity index (χ4v) is 4.43. The Morgan fingerprint density at radius 3 is 1.61 bits per heavy atom. The molecule has 0 aliphatic rings. The van der Waals surface area contributed by atoms with Gasteiger partial charge in [0.2, 0.25) is 0 Å². The highest BCUT2D eigenvalue weighted by atomic mass is 35.5. The van der Waals surface area contributed by atoms with Gasteiger partial charge in [0.15, 0.2) is 0 Å². The van der Waals surface area contributed by atoms with Crippen molar-refractivity contribution < 1.29 is 15.2 Å². The maximum Gasteiger partial charge on any atom is 0.361 e. The quantitative estimate of drug-likeness (QED) is 0.301. The van der Waals surface area contributed by atoms with E-state index in [1.807, 2.05) is 99.6 Å². The van der Waals surface area contributed by atoms with E-state index in [4.69, 9.17) is 16.3 Å². The molecular weight excluding hydrogens is 527 g/mol. The predicted octanol–water partition coefficient (Wildman–Crippen LogP) is 4.25. The molecule has 0 unspecified atom stereocenters. The highest BCUT2D eigenvalue weighted by molar-refractivity contribution is 6.80. The molecule has 3 N–H and O–H groups in total. The van der Waals surface area contributed by atoms with Crippen molar-refractivity contribution in [2.45, 2.75) is 34.3 Å². The van der Waals surface area contributed by atoms with E-state index in [2.05, 4.69) is 42.2 Å². The predicted molar refractivity (Wildman–Crippen MR) is 175 cm³/mol. The molecule has 5 aromatic rings. The van der Waals surface area contributed by atoms with E-state index in [1.54, 1.807) is 6.20 Å². The summed E-state index contributed by atoms with van der Waals surface area (Å²) < 4.78 is 6.21. The van der Waals surface area contributed by atoms with Crippen LogP contribution in [0.15, 0.2) is 115 Å². The molecule has 7 heteroatoms. The first-order valence-electron chi connectivity index (χ1n) is 13.5. The number of halogens is 1. The molecule has 0 amide bonds. The second-order valence-corrected chi connectivity index (χ2v) is 10.6. The molecule has 0 aliphatic heterocycles. The summed E-state index contributed by atoms with van der Waals surface area (Å²) in [5, 5.41) is 10.9. The number of pyridine rings is 1. The first-order chi connectivity index (χ1) is 19.3. The van der Waals surface area contributed by atoms with Gasteiger partial charge in [0, 0.05) is 11.2 Å². The Labute approximate surface area is 249 Å². The van der Waals surface area contributed by atoms with Crippen molar-refractivity contribution in [2.75, 3.05) is 0 Å². The van der Waals surface area contributed by atoms with Crippen LogP contribution in [0.1, 0.15) is 27.9 Å². The first kappa shape index (κ1) is 31.9. The van der Waals surface area contributed by atoms with E-state index in [1.165, 1.54) is 16.7 Å². The first-order valence-corrected chi connectivity index (χ1v) is 13.8. The van der Waals surface area contributed by atoms with Gasteiger partial charge in [-0.05, 0) is 73.3 Å². The molecule has 0 radical (unpaired) electrons. The smallest absolute Gasteiger partial charge is 0.361 e. The largest absolute Gasteiger partial charge is 0.443 e. The van der Waals surface area contributed by atoms with E-state index in [-0.39, 0.29) is 12.4 Å². The minimum Gasteiger partial charge on any atom is -0.443 e. The number of hydrogen-bond acceptors (Lipinski definition) is 3. The molecule has 0 saturated heterocycles. The van der Waals surface area contributed by atoms with Crippen LogP contribution in [0, 0.1) is 27.7 Å². The highest BCUT2D eigenvalue weighted by Gasteiger charge is 2.22. The summed E-state index contributed by atoms with van der Waals surface area (Å²) >= 11 is 6.32. The van der Waals surface area contributed by atoms with Crippen LogP contribution in [0.4, 0.5) is 0 Å². The second kappa shape index (κ2) is 15.4. The number of nitrogens with zero attached hydrogens (tertiary/aromatic N) is 1. The van der Waals surface area contributed by atoms with Gasteiger partial charge < -0.3 is 15.2 Å². The van der Waals surface area contributed by atoms with Crippen LogP contribution in [-0.4, -0.2) is 29.3 Å². The van der Waals surface area contributed by atoms with Gasteiger partial charge in [-0.15, -0.1) is 0 Å². The Hall–Kier alpha value is -3.67. The van der Waals surface area contributed by atoms with Crippen molar-refractivity contribution >= 4 is 47.3 Å². The summed E-state index contributed by atoms with van der Waals surface area (Å²) in [4.78, 5) is 4.33. The van der Waals surface area contributed by atoms with Crippen molar-refractivity contribution in [3.8, 4) is 0 Å². The van der Waals surface area contributed by atoms with Crippen molar-refractivity contribution in [3.05, 3.63) is 148 Å². The Bertz CT molecular complexity index is 1450. The lowest BCUT2D eigenvalue weighted by atomic mass is 9.55. The Morgan fingerprint density at radius 2 is 1.15 bits per heavy atom. The molecule has 1 heterocycles. The molecule has 0 spiro atoms. The van der Waals surface area contributed by atoms with Crippen LogP contribution < -0.4 is 21.9 Å². The summed E-state index contributed by atoms with van der Waals surface area (Å²) in [5.74, 6) is 0. The molecule has 0 atom stereocenters. The molecule has 41 heavy (non-hydrogen) atoms. The zero-order valence-corrected chi connectivity index (χ0v) is 24.8. The van der Waals surface area contributed by atoms with Crippen LogP contribution in [0.2, 0.25) is 5.02 Å². The number of hydrogen-bond donors (Lipinski definition) is 1. The molecule has 0 aliphatic carbocycles. The van der Waals surface area contributed by atoms with E-state index >= 15 is 0 Å². The molecule has 0 bridgehead atoms. The second-order valence-electron chi connectivity index (χ2n) is 10.2. The van der Waals surface area contributed by atoms with Gasteiger partial charge in [-0.3, -0.25) is 4.98 Å². The lowest BCUT2D eigenvalue weighted by Crippen LogP contribution is -2.45. The number of rotatable bonds is 7. The Kier molecular flexibility index (Phi) is 11.9. The maximum atomic E-state index is 10.2. The van der Waals surface area contributed by atoms with Gasteiger partial charge in [-0.2, -0.15) is 0 Å².